The molecular formula is C24H35BFNO5. The van der Waals surface area contributed by atoms with Crippen LogP contribution in [0.15, 0.2) is 17.7 Å². The van der Waals surface area contributed by atoms with Crippen LogP contribution in [0.3, 0.4) is 0 Å². The number of hydrogen-bond donors (Lipinski definition) is 0. The number of likely N-dealkylation sites (tertiary alicyclic amines) is 1. The van der Waals surface area contributed by atoms with Gasteiger partial charge in [-0.1, -0.05) is 5.57 Å². The number of carbonyl (C=O) groups excluding carboxylic acids is 1. The molecule has 1 aromatic carbocycles. The standard InChI is InChI=1S/C24H35BFNO5/c1-22(2,3)30-21(28)27-11-9-16(10-12-27)13-18-19(26)14-17(15-20(18)29-8)25-31-23(4,5)24(6,7)32-25/h13-15H,9-12H2,1-8H3. The van der Waals surface area contributed by atoms with Crippen LogP contribution in [-0.2, 0) is 14.0 Å². The Morgan fingerprint density at radius 1 is 1.12 bits per heavy atom. The van der Waals surface area contributed by atoms with E-state index in [4.69, 9.17) is 18.8 Å². The number of amides is 1. The molecule has 8 heteroatoms. The molecule has 1 amide bonds. The van der Waals surface area contributed by atoms with Crippen molar-refractivity contribution < 1.29 is 28.0 Å². The second-order valence-electron chi connectivity index (χ2n) is 10.5. The lowest BCUT2D eigenvalue weighted by Gasteiger charge is -2.32. The number of piperidine rings is 1. The van der Waals surface area contributed by atoms with Crippen molar-refractivity contribution in [3.8, 4) is 5.75 Å². The predicted octanol–water partition coefficient (Wildman–Crippen LogP) is 4.55. The van der Waals surface area contributed by atoms with Gasteiger partial charge in [0.05, 0.1) is 23.9 Å². The van der Waals surface area contributed by atoms with Gasteiger partial charge in [-0.15, -0.1) is 0 Å². The number of ether oxygens (including phenoxy) is 2. The van der Waals surface area contributed by atoms with E-state index in [0.717, 1.165) is 5.57 Å². The SMILES string of the molecule is COc1cc(B2OC(C)(C)C(C)(C)O2)cc(F)c1C=C1CCN(C(=O)OC(C)(C)C)CC1. The van der Waals surface area contributed by atoms with Crippen LogP contribution >= 0.6 is 0 Å². The lowest BCUT2D eigenvalue weighted by molar-refractivity contribution is 0.00578. The molecule has 0 aromatic heterocycles. The summed E-state index contributed by atoms with van der Waals surface area (Å²) >= 11 is 0. The first-order chi connectivity index (χ1) is 14.7. The van der Waals surface area contributed by atoms with Crippen LogP contribution in [0.4, 0.5) is 9.18 Å². The van der Waals surface area contributed by atoms with E-state index in [-0.39, 0.29) is 6.09 Å². The summed E-state index contributed by atoms with van der Waals surface area (Å²) in [7, 11) is 0.859. The van der Waals surface area contributed by atoms with Crippen molar-refractivity contribution in [1.82, 2.24) is 4.90 Å². The normalized spacial score (nSPS) is 20.3. The van der Waals surface area contributed by atoms with Gasteiger partial charge in [0.2, 0.25) is 0 Å². The molecule has 0 atom stereocenters. The van der Waals surface area contributed by atoms with Gasteiger partial charge in [0, 0.05) is 13.1 Å². The average Bonchev–Trinajstić information content (AvgIpc) is 2.89. The van der Waals surface area contributed by atoms with E-state index in [1.165, 1.54) is 13.2 Å². The van der Waals surface area contributed by atoms with E-state index >= 15 is 4.39 Å². The Morgan fingerprint density at radius 3 is 2.19 bits per heavy atom. The lowest BCUT2D eigenvalue weighted by Crippen LogP contribution is -2.41. The van der Waals surface area contributed by atoms with E-state index in [9.17, 15) is 4.79 Å². The zero-order chi connectivity index (χ0) is 23.9. The highest BCUT2D eigenvalue weighted by Gasteiger charge is 2.52. The monoisotopic (exact) mass is 447 g/mol. The highest BCUT2D eigenvalue weighted by Crippen LogP contribution is 2.37. The van der Waals surface area contributed by atoms with Gasteiger partial charge in [-0.25, -0.2) is 9.18 Å². The minimum Gasteiger partial charge on any atom is -0.496 e. The summed E-state index contributed by atoms with van der Waals surface area (Å²) in [6.07, 6.45) is 2.82. The van der Waals surface area contributed by atoms with Crippen LogP contribution in [-0.4, -0.2) is 55.1 Å². The van der Waals surface area contributed by atoms with Crippen LogP contribution in [0.5, 0.6) is 5.75 Å². The van der Waals surface area contributed by atoms with Crippen molar-refractivity contribution in [2.24, 2.45) is 0 Å². The van der Waals surface area contributed by atoms with E-state index in [2.05, 4.69) is 0 Å². The second kappa shape index (κ2) is 8.71. The first-order valence-corrected chi connectivity index (χ1v) is 11.1. The number of halogens is 1. The maximum absolute atomic E-state index is 15.2. The molecule has 2 fully saturated rings. The molecule has 2 aliphatic rings. The highest BCUT2D eigenvalue weighted by molar-refractivity contribution is 6.62. The van der Waals surface area contributed by atoms with Crippen molar-refractivity contribution in [3.05, 3.63) is 29.1 Å². The van der Waals surface area contributed by atoms with Gasteiger partial charge < -0.3 is 23.7 Å². The van der Waals surface area contributed by atoms with Crippen LogP contribution in [0.25, 0.3) is 6.08 Å². The van der Waals surface area contributed by atoms with Crippen molar-refractivity contribution in [2.75, 3.05) is 20.2 Å². The van der Waals surface area contributed by atoms with Crippen molar-refractivity contribution in [3.63, 3.8) is 0 Å². The molecule has 6 nitrogen and oxygen atoms in total. The topological polar surface area (TPSA) is 57.2 Å². The van der Waals surface area contributed by atoms with Crippen molar-refractivity contribution >= 4 is 24.8 Å². The Balaban J connectivity index is 1.76. The summed E-state index contributed by atoms with van der Waals surface area (Å²) in [6.45, 7) is 14.5. The minimum atomic E-state index is -0.665. The average molecular weight is 447 g/mol. The Bertz CT molecular complexity index is 880. The van der Waals surface area contributed by atoms with Gasteiger partial charge in [-0.2, -0.15) is 0 Å². The van der Waals surface area contributed by atoms with Gasteiger partial charge in [-0.05, 0) is 85.0 Å². The molecule has 0 spiro atoms. The van der Waals surface area contributed by atoms with Crippen LogP contribution < -0.4 is 10.2 Å². The molecular weight excluding hydrogens is 412 g/mol. The zero-order valence-electron chi connectivity index (χ0n) is 20.5. The third-order valence-corrected chi connectivity index (χ3v) is 6.27. The van der Waals surface area contributed by atoms with E-state index in [1.807, 2.05) is 54.5 Å². The highest BCUT2D eigenvalue weighted by atomic mass is 19.1. The third-order valence-electron chi connectivity index (χ3n) is 6.27. The first kappa shape index (κ1) is 24.6. The molecule has 0 N–H and O–H groups in total. The summed E-state index contributed by atoms with van der Waals surface area (Å²) in [6, 6.07) is 3.22. The van der Waals surface area contributed by atoms with E-state index < -0.39 is 29.7 Å². The molecule has 0 aliphatic carbocycles. The fourth-order valence-electron chi connectivity index (χ4n) is 3.69. The number of nitrogens with zero attached hydrogens (tertiary/aromatic N) is 1. The van der Waals surface area contributed by atoms with Crippen LogP contribution in [0.2, 0.25) is 0 Å². The number of hydrogen-bond acceptors (Lipinski definition) is 5. The summed E-state index contributed by atoms with van der Waals surface area (Å²) in [5.74, 6) is 0.0351. The number of carbonyl (C=O) groups is 1. The van der Waals surface area contributed by atoms with E-state index in [1.54, 1.807) is 11.0 Å². The fourth-order valence-corrected chi connectivity index (χ4v) is 3.69. The number of methoxy groups -OCH3 is 1. The molecule has 32 heavy (non-hydrogen) atoms. The molecule has 2 heterocycles. The molecule has 0 bridgehead atoms. The minimum absolute atomic E-state index is 0.313. The van der Waals surface area contributed by atoms with Crippen molar-refractivity contribution in [1.29, 1.82) is 0 Å². The zero-order valence-corrected chi connectivity index (χ0v) is 20.5. The molecule has 176 valence electrons. The molecule has 2 saturated heterocycles. The van der Waals surface area contributed by atoms with Crippen molar-refractivity contribution in [2.45, 2.75) is 78.1 Å². The molecule has 1 aromatic rings. The maximum Gasteiger partial charge on any atom is 0.495 e. The quantitative estimate of drug-likeness (QED) is 0.637. The summed E-state index contributed by atoms with van der Waals surface area (Å²) in [5.41, 5.74) is 0.496. The summed E-state index contributed by atoms with van der Waals surface area (Å²) in [4.78, 5) is 14.0. The van der Waals surface area contributed by atoms with Gasteiger partial charge in [-0.3, -0.25) is 0 Å². The first-order valence-electron chi connectivity index (χ1n) is 11.1. The lowest BCUT2D eigenvalue weighted by atomic mass is 9.78. The number of benzene rings is 1. The second-order valence-corrected chi connectivity index (χ2v) is 10.5. The number of rotatable bonds is 3. The van der Waals surface area contributed by atoms with Crippen LogP contribution in [0, 0.1) is 5.82 Å². The predicted molar refractivity (Wildman–Crippen MR) is 124 cm³/mol. The van der Waals surface area contributed by atoms with Gasteiger partial charge >= 0.3 is 13.2 Å². The van der Waals surface area contributed by atoms with E-state index in [0.29, 0.717) is 42.7 Å². The maximum atomic E-state index is 15.2. The van der Waals surface area contributed by atoms with Gasteiger partial charge in [0.1, 0.15) is 17.2 Å². The summed E-state index contributed by atoms with van der Waals surface area (Å²) in [5, 5.41) is 0. The van der Waals surface area contributed by atoms with Gasteiger partial charge in [0.25, 0.3) is 0 Å². The Hall–Kier alpha value is -2.06. The summed E-state index contributed by atoms with van der Waals surface area (Å²) < 4.78 is 38.2. The molecule has 0 radical (unpaired) electrons. The Morgan fingerprint density at radius 2 is 1.69 bits per heavy atom. The molecule has 2 aliphatic heterocycles. The Labute approximate surface area is 191 Å². The largest absolute Gasteiger partial charge is 0.496 e. The molecule has 3 rings (SSSR count). The molecule has 0 saturated carbocycles. The third kappa shape index (κ3) is 5.29. The fraction of sp³-hybridized carbons (Fsp3) is 0.625. The smallest absolute Gasteiger partial charge is 0.495 e. The molecule has 0 unspecified atom stereocenters. The van der Waals surface area contributed by atoms with Crippen LogP contribution in [0.1, 0.15) is 66.9 Å². The Kier molecular flexibility index (Phi) is 6.69. The van der Waals surface area contributed by atoms with Gasteiger partial charge in [0.15, 0.2) is 0 Å².